The Morgan fingerprint density at radius 3 is 2.38 bits per heavy atom. The predicted octanol–water partition coefficient (Wildman–Crippen LogP) is 2.38. The van der Waals surface area contributed by atoms with Crippen molar-refractivity contribution in [3.63, 3.8) is 0 Å². The van der Waals surface area contributed by atoms with Crippen molar-refractivity contribution in [2.45, 2.75) is 38.5 Å². The molecular weight excluding hydrogens is 236 g/mol. The fourth-order valence-corrected chi connectivity index (χ4v) is 1.85. The molecule has 0 bridgehead atoms. The summed E-state index contributed by atoms with van der Waals surface area (Å²) >= 11 is 2.57. The van der Waals surface area contributed by atoms with Gasteiger partial charge >= 0.3 is 5.97 Å². The number of halogens is 1. The molecule has 3 nitrogen and oxygen atoms in total. The number of Topliss-reactive ketones (excluding diaryl/α,β-unsaturated/α-hetero) is 1. The zero-order valence-corrected chi connectivity index (χ0v) is 9.01. The number of rotatable bonds is 3. The van der Waals surface area contributed by atoms with Crippen LogP contribution < -0.4 is 0 Å². The van der Waals surface area contributed by atoms with Crippen LogP contribution in [0.4, 0.5) is 0 Å². The molecule has 74 valence electrons. The van der Waals surface area contributed by atoms with Crippen LogP contribution in [0.25, 0.3) is 0 Å². The molecule has 1 rings (SSSR count). The third kappa shape index (κ3) is 3.46. The molecule has 0 saturated heterocycles. The third-order valence-corrected chi connectivity index (χ3v) is 2.83. The molecule has 13 heavy (non-hydrogen) atoms. The van der Waals surface area contributed by atoms with Crippen molar-refractivity contribution >= 4 is 28.0 Å². The minimum atomic E-state index is -0.490. The van der Waals surface area contributed by atoms with E-state index in [1.165, 1.54) is 6.42 Å². The average molecular weight is 249 g/mol. The SMILES string of the molecule is O=C(CC(=O)C1CCCCC1)OBr. The summed E-state index contributed by atoms with van der Waals surface area (Å²) in [4.78, 5) is 22.2. The van der Waals surface area contributed by atoms with Gasteiger partial charge in [0.2, 0.25) is 0 Å². The Bertz CT molecular complexity index is 197. The number of ketones is 1. The number of hydrogen-bond acceptors (Lipinski definition) is 3. The first kappa shape index (κ1) is 10.7. The van der Waals surface area contributed by atoms with Crippen molar-refractivity contribution in [2.24, 2.45) is 5.92 Å². The van der Waals surface area contributed by atoms with Gasteiger partial charge in [-0.2, -0.15) is 0 Å². The van der Waals surface area contributed by atoms with Crippen LogP contribution in [0.3, 0.4) is 0 Å². The van der Waals surface area contributed by atoms with E-state index < -0.39 is 5.97 Å². The quantitative estimate of drug-likeness (QED) is 0.721. The minimum Gasteiger partial charge on any atom is -0.383 e. The van der Waals surface area contributed by atoms with Gasteiger partial charge in [-0.1, -0.05) is 19.3 Å². The van der Waals surface area contributed by atoms with Gasteiger partial charge in [-0.25, -0.2) is 0 Å². The van der Waals surface area contributed by atoms with Crippen molar-refractivity contribution in [1.29, 1.82) is 0 Å². The third-order valence-electron chi connectivity index (χ3n) is 2.47. The molecule has 0 aromatic heterocycles. The minimum absolute atomic E-state index is 0.0316. The number of carbonyl (C=O) groups is 2. The Labute approximate surface area is 86.3 Å². The molecule has 1 aliphatic rings. The first-order valence-corrected chi connectivity index (χ1v) is 5.23. The maximum atomic E-state index is 11.4. The van der Waals surface area contributed by atoms with Crippen LogP contribution in [0, 0.1) is 5.92 Å². The van der Waals surface area contributed by atoms with Gasteiger partial charge in [-0.15, -0.1) is 0 Å². The molecule has 0 amide bonds. The highest BCUT2D eigenvalue weighted by Gasteiger charge is 2.23. The Kier molecular flexibility index (Phi) is 4.42. The van der Waals surface area contributed by atoms with E-state index in [0.29, 0.717) is 0 Å². The van der Waals surface area contributed by atoms with Crippen LogP contribution in [0.15, 0.2) is 0 Å². The van der Waals surface area contributed by atoms with Crippen molar-refractivity contribution in [3.8, 4) is 0 Å². The van der Waals surface area contributed by atoms with E-state index in [2.05, 4.69) is 20.1 Å². The molecule has 0 aromatic carbocycles. The van der Waals surface area contributed by atoms with Crippen LogP contribution in [0.1, 0.15) is 38.5 Å². The molecule has 0 radical (unpaired) electrons. The first-order valence-electron chi connectivity index (χ1n) is 4.58. The number of carbonyl (C=O) groups excluding carboxylic acids is 2. The van der Waals surface area contributed by atoms with Crippen molar-refractivity contribution in [3.05, 3.63) is 0 Å². The molecule has 0 aliphatic heterocycles. The highest BCUT2D eigenvalue weighted by Crippen LogP contribution is 2.25. The average Bonchev–Trinajstić information content (AvgIpc) is 2.19. The predicted molar refractivity (Wildman–Crippen MR) is 51.2 cm³/mol. The van der Waals surface area contributed by atoms with E-state index in [1.807, 2.05) is 0 Å². The first-order chi connectivity index (χ1) is 6.24. The molecule has 1 saturated carbocycles. The van der Waals surface area contributed by atoms with E-state index in [-0.39, 0.29) is 18.1 Å². The van der Waals surface area contributed by atoms with Gasteiger partial charge in [0.15, 0.2) is 16.3 Å². The molecule has 0 heterocycles. The van der Waals surface area contributed by atoms with Gasteiger partial charge in [-0.05, 0) is 12.8 Å². The molecule has 1 aliphatic carbocycles. The summed E-state index contributed by atoms with van der Waals surface area (Å²) in [5.74, 6) is -0.361. The van der Waals surface area contributed by atoms with Gasteiger partial charge in [0.1, 0.15) is 12.2 Å². The number of hydrogen-bond donors (Lipinski definition) is 0. The molecule has 0 spiro atoms. The van der Waals surface area contributed by atoms with Crippen molar-refractivity contribution in [2.75, 3.05) is 0 Å². The second kappa shape index (κ2) is 5.37. The molecule has 0 aromatic rings. The smallest absolute Gasteiger partial charge is 0.324 e. The molecular formula is C9H13BrO3. The van der Waals surface area contributed by atoms with E-state index in [0.717, 1.165) is 25.7 Å². The van der Waals surface area contributed by atoms with Crippen molar-refractivity contribution in [1.82, 2.24) is 0 Å². The zero-order valence-electron chi connectivity index (χ0n) is 7.42. The summed E-state index contributed by atoms with van der Waals surface area (Å²) in [6.07, 6.45) is 5.23. The normalized spacial score (nSPS) is 18.2. The maximum Gasteiger partial charge on any atom is 0.324 e. The van der Waals surface area contributed by atoms with Gasteiger partial charge in [0.25, 0.3) is 0 Å². The highest BCUT2D eigenvalue weighted by molar-refractivity contribution is 9.06. The second-order valence-corrected chi connectivity index (χ2v) is 3.75. The van der Waals surface area contributed by atoms with Crippen LogP contribution in [0.2, 0.25) is 0 Å². The largest absolute Gasteiger partial charge is 0.383 e. The van der Waals surface area contributed by atoms with E-state index in [9.17, 15) is 9.59 Å². The Hall–Kier alpha value is -0.380. The lowest BCUT2D eigenvalue weighted by atomic mass is 9.85. The molecule has 0 atom stereocenters. The highest BCUT2D eigenvalue weighted by atomic mass is 79.9. The molecule has 0 N–H and O–H groups in total. The summed E-state index contributed by atoms with van der Waals surface area (Å²) in [6, 6.07) is 0. The van der Waals surface area contributed by atoms with E-state index in [1.54, 1.807) is 0 Å². The summed E-state index contributed by atoms with van der Waals surface area (Å²) in [5.41, 5.74) is 0. The van der Waals surface area contributed by atoms with Crippen LogP contribution in [0.5, 0.6) is 0 Å². The maximum absolute atomic E-state index is 11.4. The van der Waals surface area contributed by atoms with Crippen LogP contribution in [-0.4, -0.2) is 11.8 Å². The lowest BCUT2D eigenvalue weighted by Gasteiger charge is -2.19. The summed E-state index contributed by atoms with van der Waals surface area (Å²) in [7, 11) is 0. The molecule has 4 heteroatoms. The standard InChI is InChI=1S/C9H13BrO3/c10-13-9(12)6-8(11)7-4-2-1-3-5-7/h7H,1-6H2. The summed E-state index contributed by atoms with van der Waals surface area (Å²) in [6.45, 7) is 0. The zero-order chi connectivity index (χ0) is 9.68. The fraction of sp³-hybridized carbons (Fsp3) is 0.778. The van der Waals surface area contributed by atoms with Crippen molar-refractivity contribution < 1.29 is 13.4 Å². The fourth-order valence-electron chi connectivity index (χ4n) is 1.74. The second-order valence-electron chi connectivity index (χ2n) is 3.43. The van der Waals surface area contributed by atoms with E-state index >= 15 is 0 Å². The van der Waals surface area contributed by atoms with Gasteiger partial charge < -0.3 is 3.83 Å². The molecule has 0 unspecified atom stereocenters. The van der Waals surface area contributed by atoms with Gasteiger partial charge in [0, 0.05) is 5.92 Å². The summed E-state index contributed by atoms with van der Waals surface area (Å²) in [5, 5.41) is 0. The lowest BCUT2D eigenvalue weighted by molar-refractivity contribution is -0.137. The topological polar surface area (TPSA) is 43.4 Å². The lowest BCUT2D eigenvalue weighted by Crippen LogP contribution is -2.20. The van der Waals surface area contributed by atoms with Gasteiger partial charge in [0.05, 0.1) is 0 Å². The van der Waals surface area contributed by atoms with Crippen LogP contribution >= 0.6 is 16.3 Å². The molecule has 1 fully saturated rings. The van der Waals surface area contributed by atoms with Gasteiger partial charge in [-0.3, -0.25) is 9.59 Å². The van der Waals surface area contributed by atoms with Crippen LogP contribution in [-0.2, 0) is 13.4 Å². The monoisotopic (exact) mass is 248 g/mol. The Morgan fingerprint density at radius 2 is 1.85 bits per heavy atom. The summed E-state index contributed by atoms with van der Waals surface area (Å²) < 4.78 is 4.26. The Balaban J connectivity index is 2.33. The van der Waals surface area contributed by atoms with E-state index in [4.69, 9.17) is 0 Å². The Morgan fingerprint density at radius 1 is 1.23 bits per heavy atom.